The van der Waals surface area contributed by atoms with Crippen molar-refractivity contribution in [3.05, 3.63) is 72.9 Å². The molecule has 0 aliphatic heterocycles. The van der Waals surface area contributed by atoms with Gasteiger partial charge in [-0.05, 0) is 38.5 Å². The molecule has 2 atom stereocenters. The summed E-state index contributed by atoms with van der Waals surface area (Å²) in [6.45, 7) is 24.4. The van der Waals surface area contributed by atoms with Crippen LogP contribution < -0.4 is 0 Å². The first-order valence-electron chi connectivity index (χ1n) is 7.28. The molecule has 0 aliphatic rings. The Kier molecular flexibility index (Phi) is 8.63. The fourth-order valence-corrected chi connectivity index (χ4v) is 1.70. The molecular weight excluding hydrogens is 240 g/mol. The van der Waals surface area contributed by atoms with Gasteiger partial charge in [0.1, 0.15) is 0 Å². The third kappa shape index (κ3) is 8.53. The molecule has 0 radical (unpaired) electrons. The maximum Gasteiger partial charge on any atom is -0.0196 e. The van der Waals surface area contributed by atoms with Crippen LogP contribution in [0.4, 0.5) is 0 Å². The molecule has 0 aromatic heterocycles. The van der Waals surface area contributed by atoms with Crippen LogP contribution in [0.1, 0.15) is 40.5 Å². The minimum absolute atomic E-state index is 0.492. The van der Waals surface area contributed by atoms with E-state index in [2.05, 4.69) is 52.3 Å². The molecule has 0 aliphatic carbocycles. The van der Waals surface area contributed by atoms with Crippen LogP contribution in [0.3, 0.4) is 0 Å². The molecular formula is C20H30. The lowest BCUT2D eigenvalue weighted by Crippen LogP contribution is -2.02. The third-order valence-electron chi connectivity index (χ3n) is 3.46. The molecule has 0 amide bonds. The van der Waals surface area contributed by atoms with Gasteiger partial charge in [-0.3, -0.25) is 0 Å². The summed E-state index contributed by atoms with van der Waals surface area (Å²) < 4.78 is 0. The average Bonchev–Trinajstić information content (AvgIpc) is 2.38. The molecule has 0 nitrogen and oxygen atoms in total. The van der Waals surface area contributed by atoms with Gasteiger partial charge in [-0.1, -0.05) is 86.8 Å². The fraction of sp³-hybridized carbons (Fsp3) is 0.400. The van der Waals surface area contributed by atoms with E-state index in [1.165, 1.54) is 11.1 Å². The van der Waals surface area contributed by atoms with E-state index in [0.717, 1.165) is 24.0 Å². The smallest absolute Gasteiger partial charge is 0.0196 e. The maximum atomic E-state index is 4.13. The zero-order valence-electron chi connectivity index (χ0n) is 13.7. The van der Waals surface area contributed by atoms with E-state index >= 15 is 0 Å². The molecule has 0 heterocycles. The first kappa shape index (κ1) is 18.4. The lowest BCUT2D eigenvalue weighted by atomic mass is 9.89. The van der Waals surface area contributed by atoms with Gasteiger partial charge in [0.25, 0.3) is 0 Å². The van der Waals surface area contributed by atoms with Crippen LogP contribution in [-0.2, 0) is 0 Å². The van der Waals surface area contributed by atoms with Crippen LogP contribution in [0.25, 0.3) is 0 Å². The Morgan fingerprint density at radius 3 is 1.25 bits per heavy atom. The van der Waals surface area contributed by atoms with Gasteiger partial charge in [-0.15, -0.1) is 0 Å². The minimum Gasteiger partial charge on any atom is -0.0961 e. The van der Waals surface area contributed by atoms with E-state index in [4.69, 9.17) is 0 Å². The molecule has 0 aromatic carbocycles. The fourth-order valence-electron chi connectivity index (χ4n) is 1.70. The number of rotatable bonds is 9. The van der Waals surface area contributed by atoms with Crippen LogP contribution in [0.2, 0.25) is 0 Å². The van der Waals surface area contributed by atoms with Crippen molar-refractivity contribution in [3.63, 3.8) is 0 Å². The molecule has 0 heteroatoms. The van der Waals surface area contributed by atoms with E-state index in [1.807, 2.05) is 26.0 Å². The van der Waals surface area contributed by atoms with Crippen molar-refractivity contribution in [3.8, 4) is 0 Å². The summed E-state index contributed by atoms with van der Waals surface area (Å²) >= 11 is 0. The van der Waals surface area contributed by atoms with Crippen molar-refractivity contribution < 1.29 is 0 Å². The van der Waals surface area contributed by atoms with E-state index in [1.54, 1.807) is 0 Å². The SMILES string of the molecule is C=C(C)/C=C\C(=C)C(C)CCC(C)C(=C)/C=C\C(=C)C. The maximum absolute atomic E-state index is 4.13. The molecule has 0 rings (SSSR count). The van der Waals surface area contributed by atoms with E-state index in [-0.39, 0.29) is 0 Å². The standard InChI is InChI=1S/C20H30/c1-15(2)9-11-17(5)19(7)13-14-20(8)18(6)12-10-16(3)4/h9-12,19-20H,1,3,5-6,13-14H2,2,4,7-8H3/b11-9-,12-10-. The molecule has 0 N–H and O–H groups in total. The number of allylic oxidation sites excluding steroid dienone is 8. The second kappa shape index (κ2) is 9.36. The normalized spacial score (nSPS) is 14.4. The third-order valence-corrected chi connectivity index (χ3v) is 3.46. The Labute approximate surface area is 126 Å². The number of hydrogen-bond donors (Lipinski definition) is 0. The summed E-state index contributed by atoms with van der Waals surface area (Å²) in [6, 6.07) is 0. The molecule has 0 bridgehead atoms. The quantitative estimate of drug-likeness (QED) is 0.424. The van der Waals surface area contributed by atoms with Crippen molar-refractivity contribution in [1.29, 1.82) is 0 Å². The molecule has 0 saturated heterocycles. The topological polar surface area (TPSA) is 0 Å². The minimum atomic E-state index is 0.492. The second-order valence-corrected chi connectivity index (χ2v) is 5.89. The highest BCUT2D eigenvalue weighted by Gasteiger charge is 2.09. The van der Waals surface area contributed by atoms with Crippen LogP contribution >= 0.6 is 0 Å². The van der Waals surface area contributed by atoms with Crippen molar-refractivity contribution in [2.24, 2.45) is 11.8 Å². The van der Waals surface area contributed by atoms with Crippen LogP contribution in [0, 0.1) is 11.8 Å². The molecule has 110 valence electrons. The lowest BCUT2D eigenvalue weighted by Gasteiger charge is -2.16. The van der Waals surface area contributed by atoms with Crippen LogP contribution in [-0.4, -0.2) is 0 Å². The highest BCUT2D eigenvalue weighted by molar-refractivity contribution is 5.26. The Morgan fingerprint density at radius 2 is 1.00 bits per heavy atom. The molecule has 20 heavy (non-hydrogen) atoms. The average molecular weight is 270 g/mol. The lowest BCUT2D eigenvalue weighted by molar-refractivity contribution is 0.516. The summed E-state index contributed by atoms with van der Waals surface area (Å²) in [5, 5.41) is 0. The van der Waals surface area contributed by atoms with E-state index in [9.17, 15) is 0 Å². The van der Waals surface area contributed by atoms with Crippen molar-refractivity contribution in [1.82, 2.24) is 0 Å². The van der Waals surface area contributed by atoms with Gasteiger partial charge in [-0.25, -0.2) is 0 Å². The van der Waals surface area contributed by atoms with Gasteiger partial charge in [0.05, 0.1) is 0 Å². The summed E-state index contributed by atoms with van der Waals surface area (Å²) in [5.41, 5.74) is 4.46. The van der Waals surface area contributed by atoms with Crippen LogP contribution in [0.15, 0.2) is 72.9 Å². The van der Waals surface area contributed by atoms with Gasteiger partial charge in [0, 0.05) is 0 Å². The van der Waals surface area contributed by atoms with Crippen molar-refractivity contribution in [2.45, 2.75) is 40.5 Å². The summed E-state index contributed by atoms with van der Waals surface area (Å²) in [4.78, 5) is 0. The molecule has 0 saturated carbocycles. The molecule has 2 unspecified atom stereocenters. The first-order valence-corrected chi connectivity index (χ1v) is 7.28. The Bertz CT molecular complexity index is 387. The predicted octanol–water partition coefficient (Wildman–Crippen LogP) is 6.42. The van der Waals surface area contributed by atoms with Crippen molar-refractivity contribution in [2.75, 3.05) is 0 Å². The summed E-state index contributed by atoms with van der Waals surface area (Å²) in [5.74, 6) is 0.983. The van der Waals surface area contributed by atoms with Crippen LogP contribution in [0.5, 0.6) is 0 Å². The Morgan fingerprint density at radius 1 is 0.700 bits per heavy atom. The predicted molar refractivity (Wildman–Crippen MR) is 93.8 cm³/mol. The van der Waals surface area contributed by atoms with E-state index < -0.39 is 0 Å². The zero-order valence-corrected chi connectivity index (χ0v) is 13.7. The van der Waals surface area contributed by atoms with Gasteiger partial charge >= 0.3 is 0 Å². The summed E-state index contributed by atoms with van der Waals surface area (Å²) in [7, 11) is 0. The number of hydrogen-bond acceptors (Lipinski definition) is 0. The molecule has 0 spiro atoms. The highest BCUT2D eigenvalue weighted by Crippen LogP contribution is 2.23. The molecule has 0 aromatic rings. The van der Waals surface area contributed by atoms with Crippen molar-refractivity contribution >= 4 is 0 Å². The van der Waals surface area contributed by atoms with Gasteiger partial charge in [-0.2, -0.15) is 0 Å². The second-order valence-electron chi connectivity index (χ2n) is 5.89. The van der Waals surface area contributed by atoms with E-state index in [0.29, 0.717) is 11.8 Å². The van der Waals surface area contributed by atoms with Gasteiger partial charge in [0.2, 0.25) is 0 Å². The highest BCUT2D eigenvalue weighted by atomic mass is 14.1. The monoisotopic (exact) mass is 270 g/mol. The Balaban J connectivity index is 4.27. The Hall–Kier alpha value is -1.56. The van der Waals surface area contributed by atoms with Gasteiger partial charge < -0.3 is 0 Å². The zero-order chi connectivity index (χ0) is 15.7. The van der Waals surface area contributed by atoms with Gasteiger partial charge in [0.15, 0.2) is 0 Å². The first-order chi connectivity index (χ1) is 9.23. The largest absolute Gasteiger partial charge is 0.0961 e. The molecule has 0 fully saturated rings. The summed E-state index contributed by atoms with van der Waals surface area (Å²) in [6.07, 6.45) is 10.5.